The first kappa shape index (κ1) is 18.3. The Kier molecular flexibility index (Phi) is 5.30. The Bertz CT molecular complexity index is 905. The minimum Gasteiger partial charge on any atom is -0.497 e. The summed E-state index contributed by atoms with van der Waals surface area (Å²) in [5.41, 5.74) is 1.27. The van der Waals surface area contributed by atoms with E-state index in [-0.39, 0.29) is 17.9 Å². The second-order valence-electron chi connectivity index (χ2n) is 5.92. The number of methoxy groups -OCH3 is 1. The van der Waals surface area contributed by atoms with Crippen molar-refractivity contribution in [2.45, 2.75) is 6.42 Å². The lowest BCUT2D eigenvalue weighted by molar-refractivity contribution is -0.130. The molecule has 1 saturated heterocycles. The molecule has 1 heterocycles. The SMILES string of the molecule is COc1ccc(/C=C2\C(=O)NC(=O)N(CCc3ccc(F)cc3)C2=O)cc1. The minimum absolute atomic E-state index is 0.0729. The molecule has 138 valence electrons. The van der Waals surface area contributed by atoms with Gasteiger partial charge in [0, 0.05) is 6.54 Å². The fourth-order valence-corrected chi connectivity index (χ4v) is 2.66. The Labute approximate surface area is 155 Å². The quantitative estimate of drug-likeness (QED) is 0.650. The average molecular weight is 368 g/mol. The van der Waals surface area contributed by atoms with Crippen LogP contribution in [0.3, 0.4) is 0 Å². The normalized spacial score (nSPS) is 15.9. The van der Waals surface area contributed by atoms with Crippen LogP contribution in [0, 0.1) is 5.82 Å². The number of hydrogen-bond acceptors (Lipinski definition) is 4. The summed E-state index contributed by atoms with van der Waals surface area (Å²) < 4.78 is 18.0. The van der Waals surface area contributed by atoms with Crippen molar-refractivity contribution in [1.82, 2.24) is 10.2 Å². The Morgan fingerprint density at radius 3 is 2.33 bits per heavy atom. The fraction of sp³-hybridized carbons (Fsp3) is 0.150. The van der Waals surface area contributed by atoms with Crippen molar-refractivity contribution in [2.75, 3.05) is 13.7 Å². The molecule has 2 aromatic carbocycles. The van der Waals surface area contributed by atoms with Gasteiger partial charge in [-0.05, 0) is 47.9 Å². The zero-order chi connectivity index (χ0) is 19.4. The van der Waals surface area contributed by atoms with E-state index in [0.29, 0.717) is 17.7 Å². The highest BCUT2D eigenvalue weighted by Gasteiger charge is 2.35. The van der Waals surface area contributed by atoms with Crippen molar-refractivity contribution in [3.05, 3.63) is 71.0 Å². The maximum absolute atomic E-state index is 13.0. The number of nitrogens with zero attached hydrogens (tertiary/aromatic N) is 1. The topological polar surface area (TPSA) is 75.7 Å². The second kappa shape index (κ2) is 7.82. The number of carbonyl (C=O) groups is 3. The van der Waals surface area contributed by atoms with Crippen LogP contribution in [0.15, 0.2) is 54.1 Å². The van der Waals surface area contributed by atoms with Crippen LogP contribution in [-0.4, -0.2) is 36.4 Å². The highest BCUT2D eigenvalue weighted by atomic mass is 19.1. The molecular weight excluding hydrogens is 351 g/mol. The molecule has 0 unspecified atom stereocenters. The number of nitrogens with one attached hydrogen (secondary N) is 1. The highest BCUT2D eigenvalue weighted by Crippen LogP contribution is 2.18. The van der Waals surface area contributed by atoms with Gasteiger partial charge in [0.2, 0.25) is 0 Å². The molecule has 3 rings (SSSR count). The van der Waals surface area contributed by atoms with Crippen LogP contribution >= 0.6 is 0 Å². The first-order valence-corrected chi connectivity index (χ1v) is 8.25. The average Bonchev–Trinajstić information content (AvgIpc) is 2.67. The number of halogens is 1. The van der Waals surface area contributed by atoms with E-state index >= 15 is 0 Å². The largest absolute Gasteiger partial charge is 0.497 e. The van der Waals surface area contributed by atoms with Crippen molar-refractivity contribution in [3.8, 4) is 5.75 Å². The van der Waals surface area contributed by atoms with Gasteiger partial charge in [-0.2, -0.15) is 0 Å². The third-order valence-corrected chi connectivity index (χ3v) is 4.15. The Morgan fingerprint density at radius 2 is 1.70 bits per heavy atom. The Hall–Kier alpha value is -3.48. The zero-order valence-corrected chi connectivity index (χ0v) is 14.6. The maximum Gasteiger partial charge on any atom is 0.331 e. The highest BCUT2D eigenvalue weighted by molar-refractivity contribution is 6.31. The van der Waals surface area contributed by atoms with E-state index in [1.807, 2.05) is 0 Å². The molecule has 1 aliphatic rings. The van der Waals surface area contributed by atoms with Crippen LogP contribution in [0.25, 0.3) is 6.08 Å². The molecule has 7 heteroatoms. The van der Waals surface area contributed by atoms with Crippen molar-refractivity contribution in [1.29, 1.82) is 0 Å². The number of rotatable bonds is 5. The number of benzene rings is 2. The van der Waals surface area contributed by atoms with Gasteiger partial charge in [0.1, 0.15) is 17.1 Å². The van der Waals surface area contributed by atoms with Crippen LogP contribution in [0.1, 0.15) is 11.1 Å². The lowest BCUT2D eigenvalue weighted by Crippen LogP contribution is -2.54. The molecule has 1 aliphatic heterocycles. The molecule has 6 nitrogen and oxygen atoms in total. The molecule has 0 spiro atoms. The molecule has 0 radical (unpaired) electrons. The third kappa shape index (κ3) is 4.20. The van der Waals surface area contributed by atoms with E-state index in [1.165, 1.54) is 25.3 Å². The van der Waals surface area contributed by atoms with Crippen molar-refractivity contribution >= 4 is 23.9 Å². The summed E-state index contributed by atoms with van der Waals surface area (Å²) in [4.78, 5) is 37.7. The first-order valence-electron chi connectivity index (χ1n) is 8.25. The number of barbiturate groups is 1. The van der Waals surface area contributed by atoms with E-state index < -0.39 is 17.8 Å². The van der Waals surface area contributed by atoms with E-state index in [1.54, 1.807) is 36.4 Å². The number of urea groups is 1. The summed E-state index contributed by atoms with van der Waals surface area (Å²) >= 11 is 0. The summed E-state index contributed by atoms with van der Waals surface area (Å²) in [5.74, 6) is -1.12. The predicted molar refractivity (Wildman–Crippen MR) is 96.3 cm³/mol. The molecule has 4 amide bonds. The van der Waals surface area contributed by atoms with Crippen LogP contribution in [0.4, 0.5) is 9.18 Å². The van der Waals surface area contributed by atoms with Gasteiger partial charge in [0.05, 0.1) is 7.11 Å². The van der Waals surface area contributed by atoms with Crippen molar-refractivity contribution in [2.24, 2.45) is 0 Å². The van der Waals surface area contributed by atoms with E-state index in [0.717, 1.165) is 10.5 Å². The van der Waals surface area contributed by atoms with E-state index in [2.05, 4.69) is 5.32 Å². The van der Waals surface area contributed by atoms with E-state index in [4.69, 9.17) is 4.74 Å². The summed E-state index contributed by atoms with van der Waals surface area (Å²) in [5, 5.41) is 2.17. The number of hydrogen-bond donors (Lipinski definition) is 1. The summed E-state index contributed by atoms with van der Waals surface area (Å²) in [6.07, 6.45) is 1.78. The predicted octanol–water partition coefficient (Wildman–Crippen LogP) is 2.54. The molecule has 27 heavy (non-hydrogen) atoms. The number of amides is 4. The second-order valence-corrected chi connectivity index (χ2v) is 5.92. The lowest BCUT2D eigenvalue weighted by atomic mass is 10.1. The fourth-order valence-electron chi connectivity index (χ4n) is 2.66. The van der Waals surface area contributed by atoms with Crippen LogP contribution in [-0.2, 0) is 16.0 Å². The monoisotopic (exact) mass is 368 g/mol. The van der Waals surface area contributed by atoms with Crippen molar-refractivity contribution in [3.63, 3.8) is 0 Å². The molecule has 2 aromatic rings. The van der Waals surface area contributed by atoms with Gasteiger partial charge in [-0.1, -0.05) is 24.3 Å². The first-order chi connectivity index (χ1) is 13.0. The molecule has 0 aliphatic carbocycles. The Morgan fingerprint density at radius 1 is 1.04 bits per heavy atom. The molecule has 0 saturated carbocycles. The van der Waals surface area contributed by atoms with Gasteiger partial charge < -0.3 is 4.74 Å². The van der Waals surface area contributed by atoms with Gasteiger partial charge in [-0.3, -0.25) is 19.8 Å². The van der Waals surface area contributed by atoms with Crippen molar-refractivity contribution < 1.29 is 23.5 Å². The molecule has 0 bridgehead atoms. The standard InChI is InChI=1S/C20H17FN2O4/c1-27-16-8-4-14(5-9-16)12-17-18(24)22-20(26)23(19(17)25)11-10-13-2-6-15(21)7-3-13/h2-9,12H,10-11H2,1H3,(H,22,24,26)/b17-12+. The van der Waals surface area contributed by atoms with Crippen LogP contribution < -0.4 is 10.1 Å². The van der Waals surface area contributed by atoms with Crippen LogP contribution in [0.2, 0.25) is 0 Å². The molecule has 0 atom stereocenters. The Balaban J connectivity index is 1.77. The third-order valence-electron chi connectivity index (χ3n) is 4.15. The lowest BCUT2D eigenvalue weighted by Gasteiger charge is -2.26. The maximum atomic E-state index is 13.0. The molecule has 1 fully saturated rings. The zero-order valence-electron chi connectivity index (χ0n) is 14.6. The van der Waals surface area contributed by atoms with Crippen LogP contribution in [0.5, 0.6) is 5.75 Å². The summed E-state index contributed by atoms with van der Waals surface area (Å²) in [6, 6.07) is 11.8. The summed E-state index contributed by atoms with van der Waals surface area (Å²) in [6.45, 7) is 0.0729. The molecule has 1 N–H and O–H groups in total. The molecule has 0 aromatic heterocycles. The smallest absolute Gasteiger partial charge is 0.331 e. The van der Waals surface area contributed by atoms with Gasteiger partial charge in [0.25, 0.3) is 11.8 Å². The molecular formula is C20H17FN2O4. The van der Waals surface area contributed by atoms with Gasteiger partial charge in [-0.15, -0.1) is 0 Å². The number of carbonyl (C=O) groups excluding carboxylic acids is 3. The number of ether oxygens (including phenoxy) is 1. The van der Waals surface area contributed by atoms with Gasteiger partial charge in [0.15, 0.2) is 0 Å². The van der Waals surface area contributed by atoms with Gasteiger partial charge in [-0.25, -0.2) is 9.18 Å². The number of imide groups is 2. The summed E-state index contributed by atoms with van der Waals surface area (Å²) in [7, 11) is 1.54. The van der Waals surface area contributed by atoms with Gasteiger partial charge >= 0.3 is 6.03 Å². The van der Waals surface area contributed by atoms with E-state index in [9.17, 15) is 18.8 Å². The minimum atomic E-state index is -0.765.